The van der Waals surface area contributed by atoms with Crippen molar-refractivity contribution in [2.45, 2.75) is 104 Å². The van der Waals surface area contributed by atoms with Gasteiger partial charge in [0.2, 0.25) is 0 Å². The number of piperidine rings is 4. The van der Waals surface area contributed by atoms with Crippen molar-refractivity contribution < 1.29 is 19.1 Å². The smallest absolute Gasteiger partial charge is 0.410 e. The zero-order chi connectivity index (χ0) is 30.4. The van der Waals surface area contributed by atoms with Crippen molar-refractivity contribution in [3.8, 4) is 0 Å². The van der Waals surface area contributed by atoms with Crippen LogP contribution in [0, 0.1) is 10.8 Å². The maximum Gasteiger partial charge on any atom is 0.410 e. The second-order valence-corrected chi connectivity index (χ2v) is 14.9. The monoisotopic (exact) mass is 585 g/mol. The van der Waals surface area contributed by atoms with Crippen LogP contribution < -0.4 is 10.2 Å². The van der Waals surface area contributed by atoms with Gasteiger partial charge in [-0.3, -0.25) is 4.98 Å². The molecular formula is C33H55N5O4. The van der Waals surface area contributed by atoms with Crippen LogP contribution in [-0.2, 0) is 9.47 Å². The van der Waals surface area contributed by atoms with Gasteiger partial charge in [0.05, 0.1) is 0 Å². The summed E-state index contributed by atoms with van der Waals surface area (Å²) in [6, 6.07) is 4.18. The molecule has 4 saturated heterocycles. The normalized spacial score (nSPS) is 22.3. The third-order valence-electron chi connectivity index (χ3n) is 9.20. The number of hydrogen-bond acceptors (Lipinski definition) is 7. The molecule has 0 atom stereocenters. The van der Waals surface area contributed by atoms with Gasteiger partial charge in [0.15, 0.2) is 0 Å². The number of ether oxygens (including phenoxy) is 2. The molecule has 5 rings (SSSR count). The average Bonchev–Trinajstić information content (AvgIpc) is 2.93. The molecule has 5 heterocycles. The first kappa shape index (κ1) is 32.4. The van der Waals surface area contributed by atoms with Gasteiger partial charge in [0, 0.05) is 63.9 Å². The van der Waals surface area contributed by atoms with Crippen LogP contribution in [-0.4, -0.2) is 90.5 Å². The van der Waals surface area contributed by atoms with Crippen molar-refractivity contribution in [3.63, 3.8) is 0 Å². The van der Waals surface area contributed by atoms with Gasteiger partial charge in [-0.1, -0.05) is 0 Å². The van der Waals surface area contributed by atoms with Gasteiger partial charge in [0.1, 0.15) is 11.2 Å². The molecule has 4 fully saturated rings. The minimum absolute atomic E-state index is 0.152. The molecule has 236 valence electrons. The van der Waals surface area contributed by atoms with Crippen molar-refractivity contribution >= 4 is 17.9 Å². The first-order chi connectivity index (χ1) is 19.8. The summed E-state index contributed by atoms with van der Waals surface area (Å²) in [7, 11) is 0. The number of nitrogens with zero attached hydrogens (tertiary/aromatic N) is 4. The Balaban J connectivity index is 0.000000201. The van der Waals surface area contributed by atoms with Crippen LogP contribution in [0.15, 0.2) is 24.5 Å². The van der Waals surface area contributed by atoms with Crippen molar-refractivity contribution in [2.24, 2.45) is 10.8 Å². The number of anilines is 1. The van der Waals surface area contributed by atoms with E-state index < -0.39 is 11.2 Å². The van der Waals surface area contributed by atoms with Gasteiger partial charge in [0.25, 0.3) is 0 Å². The summed E-state index contributed by atoms with van der Waals surface area (Å²) in [4.78, 5) is 34.6. The van der Waals surface area contributed by atoms with Crippen LogP contribution in [0.2, 0.25) is 0 Å². The molecule has 0 aliphatic carbocycles. The number of rotatable bonds is 1. The van der Waals surface area contributed by atoms with Crippen molar-refractivity contribution in [3.05, 3.63) is 24.5 Å². The van der Waals surface area contributed by atoms with Crippen LogP contribution in [0.1, 0.15) is 92.9 Å². The van der Waals surface area contributed by atoms with Gasteiger partial charge in [-0.2, -0.15) is 0 Å². The second kappa shape index (κ2) is 13.4. The molecule has 9 nitrogen and oxygen atoms in total. The van der Waals surface area contributed by atoms with E-state index in [1.807, 2.05) is 63.7 Å². The van der Waals surface area contributed by atoms with E-state index in [2.05, 4.69) is 27.3 Å². The highest BCUT2D eigenvalue weighted by atomic mass is 16.6. The highest BCUT2D eigenvalue weighted by molar-refractivity contribution is 5.68. The molecule has 9 heteroatoms. The molecule has 0 saturated carbocycles. The highest BCUT2D eigenvalue weighted by Crippen LogP contribution is 2.41. The molecular weight excluding hydrogens is 530 g/mol. The molecule has 1 aromatic heterocycles. The average molecular weight is 586 g/mol. The summed E-state index contributed by atoms with van der Waals surface area (Å²) in [6.45, 7) is 19.3. The lowest BCUT2D eigenvalue weighted by atomic mass is 9.72. The predicted octanol–water partition coefficient (Wildman–Crippen LogP) is 6.09. The molecule has 2 amide bonds. The minimum atomic E-state index is -0.421. The first-order valence-corrected chi connectivity index (χ1v) is 16.1. The van der Waals surface area contributed by atoms with Crippen molar-refractivity contribution in [1.82, 2.24) is 20.1 Å². The molecule has 0 radical (unpaired) electrons. The van der Waals surface area contributed by atoms with Crippen molar-refractivity contribution in [2.75, 3.05) is 57.3 Å². The van der Waals surface area contributed by atoms with Gasteiger partial charge < -0.3 is 29.5 Å². The first-order valence-electron chi connectivity index (χ1n) is 16.1. The molecule has 1 N–H and O–H groups in total. The van der Waals surface area contributed by atoms with E-state index >= 15 is 0 Å². The topological polar surface area (TPSA) is 87.2 Å². The zero-order valence-corrected chi connectivity index (χ0v) is 27.0. The second-order valence-electron chi connectivity index (χ2n) is 14.9. The summed E-state index contributed by atoms with van der Waals surface area (Å²) in [6.07, 6.45) is 12.8. The van der Waals surface area contributed by atoms with Gasteiger partial charge >= 0.3 is 12.2 Å². The van der Waals surface area contributed by atoms with Crippen LogP contribution in [0.3, 0.4) is 0 Å². The van der Waals surface area contributed by atoms with Gasteiger partial charge in [-0.05, 0) is 122 Å². The highest BCUT2D eigenvalue weighted by Gasteiger charge is 2.40. The van der Waals surface area contributed by atoms with E-state index in [4.69, 9.17) is 9.47 Å². The lowest BCUT2D eigenvalue weighted by Gasteiger charge is -2.48. The van der Waals surface area contributed by atoms with Gasteiger partial charge in [-0.15, -0.1) is 0 Å². The number of hydrogen-bond donors (Lipinski definition) is 1. The number of pyridine rings is 1. The van der Waals surface area contributed by atoms with Crippen LogP contribution in [0.25, 0.3) is 0 Å². The summed E-state index contributed by atoms with van der Waals surface area (Å²) in [5, 5.41) is 3.49. The third-order valence-corrected chi connectivity index (χ3v) is 9.20. The molecule has 2 spiro atoms. The Morgan fingerprint density at radius 2 is 1.24 bits per heavy atom. The number of carbonyl (C=O) groups is 2. The fourth-order valence-electron chi connectivity index (χ4n) is 6.83. The number of nitrogens with one attached hydrogen (secondary N) is 1. The third kappa shape index (κ3) is 9.22. The lowest BCUT2D eigenvalue weighted by Crippen LogP contribution is -2.51. The van der Waals surface area contributed by atoms with Crippen LogP contribution in [0.5, 0.6) is 0 Å². The Kier molecular flexibility index (Phi) is 10.3. The number of carbonyl (C=O) groups excluding carboxylic acids is 2. The summed E-state index contributed by atoms with van der Waals surface area (Å²) < 4.78 is 10.9. The van der Waals surface area contributed by atoms with E-state index in [9.17, 15) is 9.59 Å². The fourth-order valence-corrected chi connectivity index (χ4v) is 6.83. The summed E-state index contributed by atoms with van der Waals surface area (Å²) >= 11 is 0. The van der Waals surface area contributed by atoms with E-state index in [0.29, 0.717) is 10.8 Å². The Hall–Kier alpha value is -2.55. The Morgan fingerprint density at radius 3 is 1.71 bits per heavy atom. The maximum atomic E-state index is 12.3. The van der Waals surface area contributed by atoms with E-state index in [-0.39, 0.29) is 12.2 Å². The summed E-state index contributed by atoms with van der Waals surface area (Å²) in [5.41, 5.74) is 1.23. The Bertz CT molecular complexity index is 1010. The Labute approximate surface area is 253 Å². The zero-order valence-electron chi connectivity index (χ0n) is 27.0. The summed E-state index contributed by atoms with van der Waals surface area (Å²) in [5.74, 6) is 0. The van der Waals surface area contributed by atoms with Crippen LogP contribution in [0.4, 0.5) is 15.3 Å². The standard InChI is InChI=1S/C19H29N3O2.C14H26N2O2/c1-18(2,3)24-17(23)21-13-8-19(9-14-21)7-4-12-22(15-19)16-5-10-20-11-6-16;1-13(2,3)18-12(17)16-9-6-14(7-10-16)5-4-8-15-11-14/h5-6,10-11H,4,7-9,12-15H2,1-3H3;15H,4-11H2,1-3H3. The molecule has 42 heavy (non-hydrogen) atoms. The molecule has 1 aromatic rings. The van der Waals surface area contributed by atoms with Crippen molar-refractivity contribution in [1.29, 1.82) is 0 Å². The molecule has 0 unspecified atom stereocenters. The van der Waals surface area contributed by atoms with E-state index in [1.165, 1.54) is 31.4 Å². The molecule has 4 aliphatic heterocycles. The number of likely N-dealkylation sites (tertiary alicyclic amines) is 2. The number of amides is 2. The van der Waals surface area contributed by atoms with Crippen LogP contribution >= 0.6 is 0 Å². The predicted molar refractivity (Wildman–Crippen MR) is 167 cm³/mol. The fraction of sp³-hybridized carbons (Fsp3) is 0.788. The minimum Gasteiger partial charge on any atom is -0.444 e. The molecule has 0 bridgehead atoms. The Morgan fingerprint density at radius 1 is 0.738 bits per heavy atom. The number of aromatic nitrogens is 1. The van der Waals surface area contributed by atoms with Gasteiger partial charge in [-0.25, -0.2) is 9.59 Å². The SMILES string of the molecule is CC(C)(C)OC(=O)N1CCC2(CCCN(c3ccncc3)C2)CC1.CC(C)(C)OC(=O)N1CCC2(CCCNC2)CC1. The lowest BCUT2D eigenvalue weighted by molar-refractivity contribution is 0.00621. The van der Waals surface area contributed by atoms with E-state index in [1.54, 1.807) is 0 Å². The largest absolute Gasteiger partial charge is 0.444 e. The molecule has 4 aliphatic rings. The molecule has 0 aromatic carbocycles. The quantitative estimate of drug-likeness (QED) is 0.427. The maximum absolute atomic E-state index is 12.3. The van der Waals surface area contributed by atoms with E-state index in [0.717, 1.165) is 78.0 Å².